The molecule has 1 aromatic carbocycles. The quantitative estimate of drug-likeness (QED) is 0.937. The second-order valence-corrected chi connectivity index (χ2v) is 4.47. The Balaban J connectivity index is 2.08. The summed E-state index contributed by atoms with van der Waals surface area (Å²) in [4.78, 5) is 15.8. The van der Waals surface area contributed by atoms with Crippen LogP contribution >= 0.6 is 15.9 Å². The summed E-state index contributed by atoms with van der Waals surface area (Å²) in [6.07, 6.45) is 1.53. The van der Waals surface area contributed by atoms with E-state index in [0.717, 1.165) is 0 Å². The van der Waals surface area contributed by atoms with Crippen molar-refractivity contribution in [1.29, 1.82) is 0 Å². The second kappa shape index (κ2) is 5.26. The van der Waals surface area contributed by atoms with E-state index in [2.05, 4.69) is 31.3 Å². The zero-order valence-corrected chi connectivity index (χ0v) is 11.1. The van der Waals surface area contributed by atoms with E-state index < -0.39 is 11.7 Å². The third kappa shape index (κ3) is 2.73. The Morgan fingerprint density at radius 3 is 2.94 bits per heavy atom. The number of benzene rings is 1. The fourth-order valence-corrected chi connectivity index (χ4v) is 1.95. The number of aromatic nitrogens is 3. The first-order chi connectivity index (χ1) is 8.58. The predicted octanol–water partition coefficient (Wildman–Crippen LogP) is 1.65. The molecule has 0 aliphatic heterocycles. The second-order valence-electron chi connectivity index (χ2n) is 3.61. The summed E-state index contributed by atoms with van der Waals surface area (Å²) in [5, 5.41) is 6.57. The van der Waals surface area contributed by atoms with Gasteiger partial charge in [0.05, 0.1) is 12.1 Å². The number of amides is 1. The van der Waals surface area contributed by atoms with Gasteiger partial charge in [-0.2, -0.15) is 5.10 Å². The molecule has 0 saturated carbocycles. The summed E-state index contributed by atoms with van der Waals surface area (Å²) in [5.74, 6) is -0.610. The molecule has 94 valence electrons. The van der Waals surface area contributed by atoms with Gasteiger partial charge in [-0.3, -0.25) is 9.48 Å². The topological polar surface area (TPSA) is 59.8 Å². The van der Waals surface area contributed by atoms with Crippen molar-refractivity contribution in [2.24, 2.45) is 7.05 Å². The van der Waals surface area contributed by atoms with E-state index in [0.29, 0.717) is 10.3 Å². The van der Waals surface area contributed by atoms with Gasteiger partial charge in [0.15, 0.2) is 5.82 Å². The zero-order valence-electron chi connectivity index (χ0n) is 9.52. The van der Waals surface area contributed by atoms with Gasteiger partial charge in [-0.15, -0.1) is 0 Å². The molecule has 1 aromatic heterocycles. The Labute approximate surface area is 111 Å². The van der Waals surface area contributed by atoms with Crippen molar-refractivity contribution in [3.8, 4) is 0 Å². The molecule has 7 heteroatoms. The van der Waals surface area contributed by atoms with Crippen LogP contribution in [0, 0.1) is 5.82 Å². The largest absolute Gasteiger partial charge is 0.345 e. The Kier molecular flexibility index (Phi) is 3.71. The van der Waals surface area contributed by atoms with Crippen molar-refractivity contribution < 1.29 is 9.18 Å². The number of nitrogens with one attached hydrogen (secondary N) is 1. The Bertz CT molecular complexity index is 564. The summed E-state index contributed by atoms with van der Waals surface area (Å²) in [7, 11) is 1.73. The highest BCUT2D eigenvalue weighted by Crippen LogP contribution is 2.19. The fraction of sp³-hybridized carbons (Fsp3) is 0.182. The number of carbonyl (C=O) groups is 1. The van der Waals surface area contributed by atoms with Crippen LogP contribution in [0.2, 0.25) is 0 Å². The Hall–Kier alpha value is -1.76. The summed E-state index contributed by atoms with van der Waals surface area (Å²) in [5.41, 5.74) is -0.0200. The van der Waals surface area contributed by atoms with Crippen LogP contribution in [-0.2, 0) is 13.6 Å². The maximum atomic E-state index is 13.5. The smallest absolute Gasteiger partial charge is 0.255 e. The highest BCUT2D eigenvalue weighted by molar-refractivity contribution is 9.10. The van der Waals surface area contributed by atoms with Crippen LogP contribution in [0.25, 0.3) is 0 Å². The van der Waals surface area contributed by atoms with Gasteiger partial charge in [0, 0.05) is 11.5 Å². The molecule has 0 aliphatic carbocycles. The molecule has 1 heterocycles. The highest BCUT2D eigenvalue weighted by Gasteiger charge is 2.15. The van der Waals surface area contributed by atoms with Crippen molar-refractivity contribution in [3.05, 3.63) is 46.2 Å². The lowest BCUT2D eigenvalue weighted by atomic mass is 10.2. The first-order valence-corrected chi connectivity index (χ1v) is 5.94. The summed E-state index contributed by atoms with van der Waals surface area (Å²) >= 11 is 3.14. The lowest BCUT2D eigenvalue weighted by Crippen LogP contribution is -2.25. The average Bonchev–Trinajstić information content (AvgIpc) is 2.72. The summed E-state index contributed by atoms with van der Waals surface area (Å²) < 4.78 is 15.4. The van der Waals surface area contributed by atoms with Gasteiger partial charge in [-0.1, -0.05) is 6.07 Å². The third-order valence-electron chi connectivity index (χ3n) is 2.24. The molecule has 0 aliphatic rings. The van der Waals surface area contributed by atoms with E-state index in [-0.39, 0.29) is 12.1 Å². The molecule has 0 saturated heterocycles. The van der Waals surface area contributed by atoms with Crippen LogP contribution < -0.4 is 5.32 Å². The van der Waals surface area contributed by atoms with Crippen molar-refractivity contribution in [1.82, 2.24) is 20.1 Å². The van der Waals surface area contributed by atoms with Crippen LogP contribution in [0.1, 0.15) is 16.2 Å². The predicted molar refractivity (Wildman–Crippen MR) is 66.3 cm³/mol. The van der Waals surface area contributed by atoms with E-state index in [1.54, 1.807) is 13.1 Å². The van der Waals surface area contributed by atoms with Gasteiger partial charge in [0.2, 0.25) is 0 Å². The average molecular weight is 313 g/mol. The number of hydrogen-bond donors (Lipinski definition) is 1. The SMILES string of the molecule is Cn1cnc(CNC(=O)c2c(F)cccc2Br)n1. The molecule has 1 amide bonds. The van der Waals surface area contributed by atoms with Crippen LogP contribution in [0.4, 0.5) is 4.39 Å². The first-order valence-electron chi connectivity index (χ1n) is 5.14. The number of rotatable bonds is 3. The molecular formula is C11H10BrFN4O. The van der Waals surface area contributed by atoms with E-state index in [1.807, 2.05) is 0 Å². The van der Waals surface area contributed by atoms with Gasteiger partial charge >= 0.3 is 0 Å². The highest BCUT2D eigenvalue weighted by atomic mass is 79.9. The van der Waals surface area contributed by atoms with Crippen LogP contribution in [-0.4, -0.2) is 20.7 Å². The van der Waals surface area contributed by atoms with Gasteiger partial charge < -0.3 is 5.32 Å². The standard InChI is InChI=1S/C11H10BrFN4O/c1-17-6-15-9(16-17)5-14-11(18)10-7(12)3-2-4-8(10)13/h2-4,6H,5H2,1H3,(H,14,18). The molecule has 0 unspecified atom stereocenters. The minimum absolute atomic E-state index is 0.0200. The Morgan fingerprint density at radius 2 is 2.33 bits per heavy atom. The number of nitrogens with zero attached hydrogens (tertiary/aromatic N) is 3. The minimum atomic E-state index is -0.573. The monoisotopic (exact) mass is 312 g/mol. The summed E-state index contributed by atoms with van der Waals surface area (Å²) in [6, 6.07) is 4.37. The van der Waals surface area contributed by atoms with Gasteiger partial charge in [-0.05, 0) is 28.1 Å². The molecule has 2 aromatic rings. The normalized spacial score (nSPS) is 10.4. The number of hydrogen-bond acceptors (Lipinski definition) is 3. The van der Waals surface area contributed by atoms with Crippen LogP contribution in [0.3, 0.4) is 0 Å². The lowest BCUT2D eigenvalue weighted by molar-refractivity contribution is 0.0945. The molecule has 0 radical (unpaired) electrons. The molecule has 5 nitrogen and oxygen atoms in total. The Morgan fingerprint density at radius 1 is 1.56 bits per heavy atom. The zero-order chi connectivity index (χ0) is 13.1. The molecule has 2 rings (SSSR count). The van der Waals surface area contributed by atoms with Crippen molar-refractivity contribution in [3.63, 3.8) is 0 Å². The molecule has 0 bridgehead atoms. The molecule has 0 spiro atoms. The van der Waals surface area contributed by atoms with Gasteiger partial charge in [-0.25, -0.2) is 9.37 Å². The first kappa shape index (κ1) is 12.7. The molecule has 0 atom stereocenters. The van der Waals surface area contributed by atoms with E-state index >= 15 is 0 Å². The molecule has 1 N–H and O–H groups in total. The molecule has 0 fully saturated rings. The molecule has 18 heavy (non-hydrogen) atoms. The van der Waals surface area contributed by atoms with Crippen molar-refractivity contribution >= 4 is 21.8 Å². The van der Waals surface area contributed by atoms with Crippen molar-refractivity contribution in [2.75, 3.05) is 0 Å². The minimum Gasteiger partial charge on any atom is -0.345 e. The maximum Gasteiger partial charge on any atom is 0.255 e. The third-order valence-corrected chi connectivity index (χ3v) is 2.90. The van der Waals surface area contributed by atoms with E-state index in [9.17, 15) is 9.18 Å². The van der Waals surface area contributed by atoms with Crippen LogP contribution in [0.5, 0.6) is 0 Å². The molecular weight excluding hydrogens is 303 g/mol. The summed E-state index contributed by atoms with van der Waals surface area (Å²) in [6.45, 7) is 0.153. The number of carbonyl (C=O) groups excluding carboxylic acids is 1. The number of aryl methyl sites for hydroxylation is 1. The lowest BCUT2D eigenvalue weighted by Gasteiger charge is -2.06. The maximum absolute atomic E-state index is 13.5. The van der Waals surface area contributed by atoms with Gasteiger partial charge in [0.1, 0.15) is 12.1 Å². The van der Waals surface area contributed by atoms with Crippen molar-refractivity contribution in [2.45, 2.75) is 6.54 Å². The fourth-order valence-electron chi connectivity index (χ4n) is 1.43. The van der Waals surface area contributed by atoms with Gasteiger partial charge in [0.25, 0.3) is 5.91 Å². The number of halogens is 2. The van der Waals surface area contributed by atoms with Crippen LogP contribution in [0.15, 0.2) is 29.0 Å². The van der Waals surface area contributed by atoms with E-state index in [1.165, 1.54) is 23.1 Å². The van der Waals surface area contributed by atoms with E-state index in [4.69, 9.17) is 0 Å².